The summed E-state index contributed by atoms with van der Waals surface area (Å²) in [6.45, 7) is 5.74. The number of imidazole rings is 1. The highest BCUT2D eigenvalue weighted by atomic mass is 19.1. The zero-order valence-corrected chi connectivity index (χ0v) is 16.9. The van der Waals surface area contributed by atoms with Gasteiger partial charge >= 0.3 is 0 Å². The molecule has 0 spiro atoms. The van der Waals surface area contributed by atoms with Crippen LogP contribution >= 0.6 is 0 Å². The minimum Gasteiger partial charge on any atom is -0.507 e. The summed E-state index contributed by atoms with van der Waals surface area (Å²) in [5.41, 5.74) is 1.09. The number of nitrogens with zero attached hydrogens (tertiary/aromatic N) is 5. The molecule has 2 bridgehead atoms. The molecule has 2 N–H and O–H groups in total. The van der Waals surface area contributed by atoms with Crippen LogP contribution in [0.5, 0.6) is 5.75 Å². The third-order valence-corrected chi connectivity index (χ3v) is 6.40. The number of allylic oxidation sites excluding steroid dienone is 1. The molecule has 0 saturated carbocycles. The molecule has 2 saturated heterocycles. The summed E-state index contributed by atoms with van der Waals surface area (Å²) in [6, 6.07) is 4.70. The van der Waals surface area contributed by atoms with E-state index in [1.54, 1.807) is 48.4 Å². The Labute approximate surface area is 177 Å². The molecule has 0 unspecified atom stereocenters. The fourth-order valence-corrected chi connectivity index (χ4v) is 4.69. The minimum absolute atomic E-state index is 0.000223. The van der Waals surface area contributed by atoms with E-state index >= 15 is 4.39 Å². The van der Waals surface area contributed by atoms with Crippen molar-refractivity contribution in [2.24, 2.45) is 5.92 Å². The lowest BCUT2D eigenvalue weighted by Gasteiger charge is -2.40. The summed E-state index contributed by atoms with van der Waals surface area (Å²) in [4.78, 5) is 8.29. The van der Waals surface area contributed by atoms with E-state index in [9.17, 15) is 9.50 Å². The Morgan fingerprint density at radius 3 is 2.84 bits per heavy atom. The van der Waals surface area contributed by atoms with E-state index in [-0.39, 0.29) is 24.0 Å². The van der Waals surface area contributed by atoms with Crippen molar-refractivity contribution >= 4 is 5.57 Å². The van der Waals surface area contributed by atoms with Crippen molar-refractivity contribution in [1.82, 2.24) is 30.0 Å². The molecule has 2 fully saturated rings. The standard InChI is InChI=1S/C22H22F2N6O/c1-12(15-8-17-16(23)9-22(2,27-17)20(15)24)18-10-26-21(29-28-18)14-4-3-13(7-19(14)31)30-6-5-25-11-30/h3-7,10-11,15-17,20,27,31H,1,8-9H2,2H3/t15-,16-,17-,20-,22-/m0/s1. The van der Waals surface area contributed by atoms with Crippen molar-refractivity contribution in [3.8, 4) is 22.8 Å². The lowest BCUT2D eigenvalue weighted by Crippen LogP contribution is -2.56. The Hall–Kier alpha value is -3.20. The molecule has 4 heterocycles. The topological polar surface area (TPSA) is 88.8 Å². The van der Waals surface area contributed by atoms with Crippen LogP contribution in [0.25, 0.3) is 22.6 Å². The van der Waals surface area contributed by atoms with Crippen molar-refractivity contribution in [1.29, 1.82) is 0 Å². The zero-order valence-electron chi connectivity index (χ0n) is 16.9. The molecular weight excluding hydrogens is 402 g/mol. The van der Waals surface area contributed by atoms with Crippen LogP contribution in [0.3, 0.4) is 0 Å². The van der Waals surface area contributed by atoms with Gasteiger partial charge in [-0.3, -0.25) is 0 Å². The fourth-order valence-electron chi connectivity index (χ4n) is 4.69. The second-order valence-electron chi connectivity index (χ2n) is 8.50. The second-order valence-corrected chi connectivity index (χ2v) is 8.50. The largest absolute Gasteiger partial charge is 0.507 e. The van der Waals surface area contributed by atoms with Gasteiger partial charge in [0, 0.05) is 36.8 Å². The maximum atomic E-state index is 15.2. The number of phenols is 1. The van der Waals surface area contributed by atoms with Crippen LogP contribution in [-0.4, -0.2) is 53.8 Å². The number of halogens is 2. The molecule has 31 heavy (non-hydrogen) atoms. The van der Waals surface area contributed by atoms with Gasteiger partial charge in [0.25, 0.3) is 0 Å². The van der Waals surface area contributed by atoms with Gasteiger partial charge in [-0.05, 0) is 31.1 Å². The van der Waals surface area contributed by atoms with E-state index in [1.165, 1.54) is 6.20 Å². The van der Waals surface area contributed by atoms with Crippen LogP contribution < -0.4 is 5.32 Å². The van der Waals surface area contributed by atoms with E-state index in [0.717, 1.165) is 5.69 Å². The third kappa shape index (κ3) is 3.29. The van der Waals surface area contributed by atoms with Crippen molar-refractivity contribution in [3.63, 3.8) is 0 Å². The number of piperidine rings is 1. The quantitative estimate of drug-likeness (QED) is 0.668. The van der Waals surface area contributed by atoms with Crippen molar-refractivity contribution in [2.75, 3.05) is 0 Å². The number of aromatic hydroxyl groups is 1. The lowest BCUT2D eigenvalue weighted by molar-refractivity contribution is 0.102. The molecule has 0 amide bonds. The van der Waals surface area contributed by atoms with Crippen LogP contribution in [0.4, 0.5) is 8.78 Å². The number of alkyl halides is 2. The third-order valence-electron chi connectivity index (χ3n) is 6.40. The molecule has 3 aromatic rings. The zero-order chi connectivity index (χ0) is 21.8. The predicted molar refractivity (Wildman–Crippen MR) is 111 cm³/mol. The molecular formula is C22H22F2N6O. The molecule has 2 aromatic heterocycles. The molecule has 160 valence electrons. The molecule has 2 aliphatic heterocycles. The molecule has 7 nitrogen and oxygen atoms in total. The van der Waals surface area contributed by atoms with Gasteiger partial charge in [-0.15, -0.1) is 10.2 Å². The first-order valence-corrected chi connectivity index (χ1v) is 10.1. The van der Waals surface area contributed by atoms with Gasteiger partial charge in [-0.1, -0.05) is 6.58 Å². The molecule has 0 aliphatic carbocycles. The van der Waals surface area contributed by atoms with Gasteiger partial charge in [-0.2, -0.15) is 0 Å². The van der Waals surface area contributed by atoms with Crippen molar-refractivity contribution in [3.05, 3.63) is 55.4 Å². The molecule has 9 heteroatoms. The van der Waals surface area contributed by atoms with Crippen LogP contribution in [-0.2, 0) is 0 Å². The molecule has 2 aliphatic rings. The predicted octanol–water partition coefficient (Wildman–Crippen LogP) is 3.26. The van der Waals surface area contributed by atoms with Crippen molar-refractivity contribution < 1.29 is 13.9 Å². The first-order chi connectivity index (χ1) is 14.9. The highest BCUT2D eigenvalue weighted by Crippen LogP contribution is 2.46. The Bertz CT molecular complexity index is 1120. The lowest BCUT2D eigenvalue weighted by atomic mass is 9.78. The Morgan fingerprint density at radius 1 is 1.32 bits per heavy atom. The Balaban J connectivity index is 1.37. The number of hydrogen-bond donors (Lipinski definition) is 2. The van der Waals surface area contributed by atoms with E-state index in [0.29, 0.717) is 23.3 Å². The van der Waals surface area contributed by atoms with Gasteiger partial charge in [0.1, 0.15) is 23.8 Å². The number of phenolic OH excluding ortho intramolecular Hbond substituents is 1. The number of aromatic nitrogens is 5. The maximum Gasteiger partial charge on any atom is 0.185 e. The second kappa shape index (κ2) is 7.19. The highest BCUT2D eigenvalue weighted by molar-refractivity contribution is 5.67. The summed E-state index contributed by atoms with van der Waals surface area (Å²) in [5, 5.41) is 21.8. The van der Waals surface area contributed by atoms with Gasteiger partial charge in [0.2, 0.25) is 0 Å². The molecule has 1 aromatic carbocycles. The number of rotatable bonds is 4. The smallest absolute Gasteiger partial charge is 0.185 e. The van der Waals surface area contributed by atoms with E-state index in [1.807, 2.05) is 0 Å². The maximum absolute atomic E-state index is 15.2. The monoisotopic (exact) mass is 424 g/mol. The first-order valence-electron chi connectivity index (χ1n) is 10.1. The summed E-state index contributed by atoms with van der Waals surface area (Å²) in [7, 11) is 0. The van der Waals surface area contributed by atoms with E-state index in [2.05, 4.69) is 32.1 Å². The van der Waals surface area contributed by atoms with Crippen LogP contribution in [0.1, 0.15) is 25.5 Å². The highest BCUT2D eigenvalue weighted by Gasteiger charge is 2.55. The van der Waals surface area contributed by atoms with Gasteiger partial charge in [0.15, 0.2) is 5.82 Å². The van der Waals surface area contributed by atoms with Crippen LogP contribution in [0, 0.1) is 5.92 Å². The van der Waals surface area contributed by atoms with E-state index < -0.39 is 23.8 Å². The summed E-state index contributed by atoms with van der Waals surface area (Å²) < 4.78 is 31.2. The summed E-state index contributed by atoms with van der Waals surface area (Å²) >= 11 is 0. The Morgan fingerprint density at radius 2 is 2.16 bits per heavy atom. The van der Waals surface area contributed by atoms with Gasteiger partial charge in [0.05, 0.1) is 29.3 Å². The van der Waals surface area contributed by atoms with Crippen LogP contribution in [0.2, 0.25) is 0 Å². The SMILES string of the molecule is C=C(c1cnc(-c2ccc(-n3ccnc3)cc2O)nn1)[C@@H]1C[C@@H]2N[C@@](C)(C[C@@H]2F)[C@H]1F. The van der Waals surface area contributed by atoms with E-state index in [4.69, 9.17) is 0 Å². The van der Waals surface area contributed by atoms with Gasteiger partial charge < -0.3 is 15.0 Å². The Kier molecular flexibility index (Phi) is 4.58. The molecule has 5 rings (SSSR count). The average molecular weight is 424 g/mol. The normalized spacial score (nSPS) is 29.8. The number of hydrogen-bond acceptors (Lipinski definition) is 6. The van der Waals surface area contributed by atoms with Gasteiger partial charge in [-0.25, -0.2) is 18.7 Å². The molecule has 0 radical (unpaired) electrons. The summed E-state index contributed by atoms with van der Waals surface area (Å²) in [6.07, 6.45) is 4.64. The number of fused-ring (bicyclic) bond motifs is 2. The number of benzene rings is 1. The number of nitrogens with one attached hydrogen (secondary N) is 1. The van der Waals surface area contributed by atoms with Crippen LogP contribution in [0.15, 0.2) is 49.7 Å². The fraction of sp³-hybridized carbons (Fsp3) is 0.364. The average Bonchev–Trinajstić information content (AvgIpc) is 3.38. The molecule has 5 atom stereocenters. The minimum atomic E-state index is -1.28. The first kappa shape index (κ1) is 19.7. The van der Waals surface area contributed by atoms with Crippen molar-refractivity contribution in [2.45, 2.75) is 43.7 Å². The summed E-state index contributed by atoms with van der Waals surface area (Å²) in [5.74, 6) is -0.314.